The average Bonchev–Trinajstić information content (AvgIpc) is 3.42. The van der Waals surface area contributed by atoms with E-state index in [4.69, 9.17) is 11.6 Å². The maximum atomic E-state index is 13.0. The highest BCUT2D eigenvalue weighted by molar-refractivity contribution is 7.89. The van der Waals surface area contributed by atoms with Crippen molar-refractivity contribution in [2.75, 3.05) is 18.4 Å². The minimum atomic E-state index is -3.69. The van der Waals surface area contributed by atoms with Crippen LogP contribution in [0.5, 0.6) is 0 Å². The van der Waals surface area contributed by atoms with Crippen molar-refractivity contribution in [1.29, 1.82) is 0 Å². The first-order valence-electron chi connectivity index (χ1n) is 9.50. The summed E-state index contributed by atoms with van der Waals surface area (Å²) in [6, 6.07) is 6.53. The molecule has 2 aromatic heterocycles. The van der Waals surface area contributed by atoms with Crippen LogP contribution in [0.15, 0.2) is 45.3 Å². The molecule has 10 heteroatoms. The van der Waals surface area contributed by atoms with E-state index in [1.807, 2.05) is 22.2 Å². The Morgan fingerprint density at radius 2 is 1.97 bits per heavy atom. The predicted octanol–water partition coefficient (Wildman–Crippen LogP) is 4.88. The maximum Gasteiger partial charge on any atom is 0.244 e. The number of anilines is 1. The molecule has 1 aliphatic heterocycles. The number of nitrogens with one attached hydrogen (secondary N) is 1. The number of nitrogens with zero attached hydrogens (tertiary/aromatic N) is 2. The largest absolute Gasteiger partial charge is 0.326 e. The third-order valence-electron chi connectivity index (χ3n) is 4.81. The number of thiophene rings is 1. The van der Waals surface area contributed by atoms with Crippen LogP contribution in [0.25, 0.3) is 10.6 Å². The lowest BCUT2D eigenvalue weighted by Gasteiger charge is -2.26. The molecule has 6 nitrogen and oxygen atoms in total. The van der Waals surface area contributed by atoms with Gasteiger partial charge in [-0.05, 0) is 42.5 Å². The molecule has 4 rings (SSSR count). The van der Waals surface area contributed by atoms with Gasteiger partial charge in [-0.1, -0.05) is 18.0 Å². The molecule has 0 spiro atoms. The Bertz CT molecular complexity index is 1140. The van der Waals surface area contributed by atoms with E-state index in [-0.39, 0.29) is 22.2 Å². The number of carbonyl (C=O) groups is 1. The van der Waals surface area contributed by atoms with Gasteiger partial charge in [-0.15, -0.1) is 11.3 Å². The van der Waals surface area contributed by atoms with Gasteiger partial charge >= 0.3 is 0 Å². The van der Waals surface area contributed by atoms with Crippen molar-refractivity contribution in [2.24, 2.45) is 0 Å². The molecule has 1 fully saturated rings. The Balaban J connectivity index is 1.47. The highest BCUT2D eigenvalue weighted by Gasteiger charge is 2.28. The highest BCUT2D eigenvalue weighted by Crippen LogP contribution is 2.30. The Morgan fingerprint density at radius 3 is 2.70 bits per heavy atom. The fourth-order valence-corrected chi connectivity index (χ4v) is 6.85. The molecule has 1 amide bonds. The zero-order valence-corrected chi connectivity index (χ0v) is 19.2. The number of thiazole rings is 1. The number of amides is 1. The molecular weight excluding hydrogens is 462 g/mol. The van der Waals surface area contributed by atoms with Crippen LogP contribution in [0.2, 0.25) is 5.02 Å². The number of carbonyl (C=O) groups excluding carboxylic acids is 1. The first kappa shape index (κ1) is 21.5. The molecule has 1 N–H and O–H groups in total. The summed E-state index contributed by atoms with van der Waals surface area (Å²) in [6.07, 6.45) is 2.82. The molecule has 0 bridgehead atoms. The lowest BCUT2D eigenvalue weighted by atomic mass is 10.2. The summed E-state index contributed by atoms with van der Waals surface area (Å²) < 4.78 is 27.4. The topological polar surface area (TPSA) is 79.4 Å². The number of hydrogen-bond acceptors (Lipinski definition) is 6. The van der Waals surface area contributed by atoms with Gasteiger partial charge < -0.3 is 5.32 Å². The average molecular weight is 482 g/mol. The number of aromatic nitrogens is 1. The van der Waals surface area contributed by atoms with E-state index in [9.17, 15) is 13.2 Å². The number of halogens is 1. The highest BCUT2D eigenvalue weighted by atomic mass is 35.5. The molecule has 1 aliphatic rings. The summed E-state index contributed by atoms with van der Waals surface area (Å²) in [5.41, 5.74) is 2.11. The van der Waals surface area contributed by atoms with E-state index in [1.165, 1.54) is 27.8 Å². The minimum absolute atomic E-state index is 0.0252. The molecule has 0 atom stereocenters. The van der Waals surface area contributed by atoms with Gasteiger partial charge in [-0.2, -0.15) is 15.6 Å². The Morgan fingerprint density at radius 1 is 1.17 bits per heavy atom. The van der Waals surface area contributed by atoms with E-state index in [0.717, 1.165) is 29.8 Å². The zero-order valence-electron chi connectivity index (χ0n) is 16.0. The monoisotopic (exact) mass is 481 g/mol. The second kappa shape index (κ2) is 9.15. The number of benzene rings is 1. The summed E-state index contributed by atoms with van der Waals surface area (Å²) in [5, 5.41) is 9.65. The Labute approximate surface area is 188 Å². The van der Waals surface area contributed by atoms with Crippen LogP contribution in [-0.2, 0) is 21.2 Å². The molecule has 30 heavy (non-hydrogen) atoms. The molecular formula is C20H20ClN3O3S3. The Hall–Kier alpha value is -1.78. The smallest absolute Gasteiger partial charge is 0.244 e. The van der Waals surface area contributed by atoms with Crippen LogP contribution in [-0.4, -0.2) is 36.7 Å². The lowest BCUT2D eigenvalue weighted by Crippen LogP contribution is -2.35. The third kappa shape index (κ3) is 4.76. The number of rotatable bonds is 6. The molecule has 0 unspecified atom stereocenters. The van der Waals surface area contributed by atoms with Crippen molar-refractivity contribution in [3.05, 3.63) is 51.1 Å². The van der Waals surface area contributed by atoms with Crippen molar-refractivity contribution in [3.63, 3.8) is 0 Å². The fraction of sp³-hybridized carbons (Fsp3) is 0.300. The van der Waals surface area contributed by atoms with Crippen LogP contribution in [0.4, 0.5) is 5.69 Å². The second-order valence-corrected chi connectivity index (χ2v) is 10.9. The van der Waals surface area contributed by atoms with Crippen molar-refractivity contribution in [2.45, 2.75) is 30.6 Å². The summed E-state index contributed by atoms with van der Waals surface area (Å²) in [6.45, 7) is 0.983. The van der Waals surface area contributed by atoms with Crippen molar-refractivity contribution in [3.8, 4) is 10.6 Å². The van der Waals surface area contributed by atoms with Gasteiger partial charge in [0.2, 0.25) is 15.9 Å². The third-order valence-corrected chi connectivity index (χ3v) is 8.81. The van der Waals surface area contributed by atoms with E-state index in [2.05, 4.69) is 10.3 Å². The van der Waals surface area contributed by atoms with Gasteiger partial charge in [-0.25, -0.2) is 13.4 Å². The first-order valence-corrected chi connectivity index (χ1v) is 13.1. The summed E-state index contributed by atoms with van der Waals surface area (Å²) in [7, 11) is -3.69. The lowest BCUT2D eigenvalue weighted by molar-refractivity contribution is -0.115. The normalized spacial score (nSPS) is 15.2. The van der Waals surface area contributed by atoms with Crippen molar-refractivity contribution < 1.29 is 13.2 Å². The van der Waals surface area contributed by atoms with E-state index in [0.29, 0.717) is 24.5 Å². The molecule has 1 aromatic carbocycles. The first-order chi connectivity index (χ1) is 14.4. The Kier molecular flexibility index (Phi) is 6.54. The van der Waals surface area contributed by atoms with Gasteiger partial charge in [0, 0.05) is 35.1 Å². The van der Waals surface area contributed by atoms with Crippen LogP contribution in [0.3, 0.4) is 0 Å². The molecule has 3 heterocycles. The van der Waals surface area contributed by atoms with Crippen molar-refractivity contribution >= 4 is 55.9 Å². The van der Waals surface area contributed by atoms with Gasteiger partial charge in [-0.3, -0.25) is 4.79 Å². The fourth-order valence-electron chi connectivity index (χ4n) is 3.30. The van der Waals surface area contributed by atoms with Crippen LogP contribution in [0.1, 0.15) is 25.0 Å². The van der Waals surface area contributed by atoms with Gasteiger partial charge in [0.25, 0.3) is 0 Å². The van der Waals surface area contributed by atoms with Crippen LogP contribution < -0.4 is 5.32 Å². The summed E-state index contributed by atoms with van der Waals surface area (Å²) in [4.78, 5) is 17.0. The van der Waals surface area contributed by atoms with Crippen LogP contribution >= 0.6 is 34.3 Å². The van der Waals surface area contributed by atoms with Crippen LogP contribution in [0, 0.1) is 0 Å². The molecule has 3 aromatic rings. The van der Waals surface area contributed by atoms with Gasteiger partial charge in [0.05, 0.1) is 17.1 Å². The quantitative estimate of drug-likeness (QED) is 0.544. The maximum absolute atomic E-state index is 13.0. The molecule has 0 aliphatic carbocycles. The number of sulfonamides is 1. The summed E-state index contributed by atoms with van der Waals surface area (Å²) >= 11 is 9.28. The summed E-state index contributed by atoms with van der Waals surface area (Å²) in [5.74, 6) is -0.263. The van der Waals surface area contributed by atoms with Gasteiger partial charge in [0.1, 0.15) is 9.90 Å². The van der Waals surface area contributed by atoms with Gasteiger partial charge in [0.15, 0.2) is 0 Å². The molecule has 158 valence electrons. The predicted molar refractivity (Wildman–Crippen MR) is 122 cm³/mol. The van der Waals surface area contributed by atoms with Crippen molar-refractivity contribution in [1.82, 2.24) is 9.29 Å². The zero-order chi connectivity index (χ0) is 21.1. The standard InChI is InChI=1S/C20H20ClN3O3S3/c21-17-5-4-15(10-18(17)30(26,27)24-7-2-1-3-8-24)22-19(25)11-16-13-29-20(23-16)14-6-9-28-12-14/h4-6,9-10,12-13H,1-3,7-8,11H2,(H,22,25). The van der Waals surface area contributed by atoms with E-state index < -0.39 is 10.0 Å². The van der Waals surface area contributed by atoms with E-state index in [1.54, 1.807) is 17.4 Å². The molecule has 0 radical (unpaired) electrons. The SMILES string of the molecule is O=C(Cc1csc(-c2ccsc2)n1)Nc1ccc(Cl)c(S(=O)(=O)N2CCCCC2)c1. The molecule has 0 saturated carbocycles. The minimum Gasteiger partial charge on any atom is -0.326 e. The number of hydrogen-bond donors (Lipinski definition) is 1. The number of piperidine rings is 1. The molecule has 1 saturated heterocycles. The van der Waals surface area contributed by atoms with E-state index >= 15 is 0 Å². The second-order valence-electron chi connectivity index (χ2n) is 6.99.